The van der Waals surface area contributed by atoms with Gasteiger partial charge in [-0.05, 0) is 12.5 Å². The number of carbonyl (C=O) groups excluding carboxylic acids is 1. The highest BCUT2D eigenvalue weighted by molar-refractivity contribution is 5.76. The summed E-state index contributed by atoms with van der Waals surface area (Å²) in [6.45, 7) is 2.99. The van der Waals surface area contributed by atoms with E-state index >= 15 is 0 Å². The van der Waals surface area contributed by atoms with Crippen molar-refractivity contribution in [2.75, 3.05) is 6.54 Å². The van der Waals surface area contributed by atoms with Crippen LogP contribution in [-0.4, -0.2) is 22.4 Å². The van der Waals surface area contributed by atoms with Crippen LogP contribution in [0.3, 0.4) is 0 Å². The number of H-pyrrole nitrogens is 1. The van der Waals surface area contributed by atoms with Crippen LogP contribution in [-0.2, 0) is 11.3 Å². The third-order valence-electron chi connectivity index (χ3n) is 1.97. The SMILES string of the molecule is CC(CN)CC(=O)NCc1cnc[nH]1. The number of rotatable bonds is 5. The lowest BCUT2D eigenvalue weighted by Crippen LogP contribution is -2.26. The highest BCUT2D eigenvalue weighted by Gasteiger charge is 2.06. The molecule has 1 amide bonds. The molecule has 0 fully saturated rings. The largest absolute Gasteiger partial charge is 0.350 e. The first kappa shape index (κ1) is 10.7. The molecule has 0 saturated carbocycles. The monoisotopic (exact) mass is 196 g/mol. The molecule has 0 aromatic carbocycles. The van der Waals surface area contributed by atoms with Gasteiger partial charge in [0.1, 0.15) is 0 Å². The molecule has 0 bridgehead atoms. The topological polar surface area (TPSA) is 83.8 Å². The van der Waals surface area contributed by atoms with Gasteiger partial charge in [0.25, 0.3) is 0 Å². The van der Waals surface area contributed by atoms with Crippen LogP contribution >= 0.6 is 0 Å². The van der Waals surface area contributed by atoms with Gasteiger partial charge in [0, 0.05) is 12.6 Å². The van der Waals surface area contributed by atoms with Gasteiger partial charge in [0.05, 0.1) is 18.6 Å². The second-order valence-corrected chi connectivity index (χ2v) is 3.40. The van der Waals surface area contributed by atoms with Crippen molar-refractivity contribution >= 4 is 5.91 Å². The Balaban J connectivity index is 2.22. The van der Waals surface area contributed by atoms with E-state index < -0.39 is 0 Å². The maximum atomic E-state index is 11.3. The van der Waals surface area contributed by atoms with Crippen LogP contribution in [0.1, 0.15) is 19.0 Å². The average Bonchev–Trinajstić information content (AvgIpc) is 2.67. The summed E-state index contributed by atoms with van der Waals surface area (Å²) in [4.78, 5) is 18.1. The van der Waals surface area contributed by atoms with E-state index in [0.717, 1.165) is 5.69 Å². The zero-order chi connectivity index (χ0) is 10.4. The van der Waals surface area contributed by atoms with Crippen LogP contribution < -0.4 is 11.1 Å². The molecule has 1 heterocycles. The van der Waals surface area contributed by atoms with Crippen molar-refractivity contribution in [3.63, 3.8) is 0 Å². The first-order valence-corrected chi connectivity index (χ1v) is 4.66. The second kappa shape index (κ2) is 5.39. The number of carbonyl (C=O) groups is 1. The molecule has 1 unspecified atom stereocenters. The molecule has 0 aliphatic carbocycles. The standard InChI is InChI=1S/C9H16N4O/c1-7(3-10)2-9(14)12-5-8-4-11-6-13-8/h4,6-7H,2-3,5,10H2,1H3,(H,11,13)(H,12,14). The van der Waals surface area contributed by atoms with E-state index in [-0.39, 0.29) is 11.8 Å². The summed E-state index contributed by atoms with van der Waals surface area (Å²) in [6.07, 6.45) is 3.75. The third kappa shape index (κ3) is 3.57. The van der Waals surface area contributed by atoms with Gasteiger partial charge in [-0.25, -0.2) is 4.98 Å². The molecule has 1 aromatic rings. The smallest absolute Gasteiger partial charge is 0.220 e. The highest BCUT2D eigenvalue weighted by atomic mass is 16.1. The summed E-state index contributed by atoms with van der Waals surface area (Å²) in [7, 11) is 0. The minimum atomic E-state index is 0.0255. The van der Waals surface area contributed by atoms with Gasteiger partial charge in [0.2, 0.25) is 5.91 Å². The number of aromatic nitrogens is 2. The molecule has 4 N–H and O–H groups in total. The number of amides is 1. The predicted molar refractivity (Wildman–Crippen MR) is 53.3 cm³/mol. The van der Waals surface area contributed by atoms with Gasteiger partial charge in [-0.1, -0.05) is 6.92 Å². The van der Waals surface area contributed by atoms with E-state index in [4.69, 9.17) is 5.73 Å². The molecule has 5 heteroatoms. The number of hydrogen-bond donors (Lipinski definition) is 3. The molecule has 78 valence electrons. The van der Waals surface area contributed by atoms with Crippen LogP contribution in [0.5, 0.6) is 0 Å². The van der Waals surface area contributed by atoms with Crippen molar-refractivity contribution < 1.29 is 4.79 Å². The molecule has 0 aliphatic rings. The molecule has 1 rings (SSSR count). The summed E-state index contributed by atoms with van der Waals surface area (Å²) < 4.78 is 0. The van der Waals surface area contributed by atoms with Crippen LogP contribution in [0.15, 0.2) is 12.5 Å². The van der Waals surface area contributed by atoms with E-state index in [1.165, 1.54) is 0 Å². The summed E-state index contributed by atoms with van der Waals surface area (Å²) in [5, 5.41) is 2.78. The molecule has 1 aromatic heterocycles. The first-order valence-electron chi connectivity index (χ1n) is 4.66. The summed E-state index contributed by atoms with van der Waals surface area (Å²) in [5.41, 5.74) is 6.32. The molecule has 14 heavy (non-hydrogen) atoms. The normalized spacial score (nSPS) is 12.4. The molecular formula is C9H16N4O. The molecule has 0 saturated heterocycles. The Morgan fingerprint density at radius 3 is 3.14 bits per heavy atom. The Kier molecular flexibility index (Phi) is 4.12. The third-order valence-corrected chi connectivity index (χ3v) is 1.97. The minimum absolute atomic E-state index is 0.0255. The van der Waals surface area contributed by atoms with Crippen molar-refractivity contribution in [2.24, 2.45) is 11.7 Å². The van der Waals surface area contributed by atoms with Gasteiger partial charge in [0.15, 0.2) is 0 Å². The zero-order valence-electron chi connectivity index (χ0n) is 8.29. The molecule has 0 aliphatic heterocycles. The maximum Gasteiger partial charge on any atom is 0.220 e. The quantitative estimate of drug-likeness (QED) is 0.620. The van der Waals surface area contributed by atoms with Gasteiger partial charge in [-0.2, -0.15) is 0 Å². The number of imidazole rings is 1. The number of nitrogens with two attached hydrogens (primary N) is 1. The number of aromatic amines is 1. The van der Waals surface area contributed by atoms with E-state index in [9.17, 15) is 4.79 Å². The lowest BCUT2D eigenvalue weighted by molar-refractivity contribution is -0.122. The Bertz CT molecular complexity index is 270. The lowest BCUT2D eigenvalue weighted by Gasteiger charge is -2.07. The summed E-state index contributed by atoms with van der Waals surface area (Å²) in [6, 6.07) is 0. The zero-order valence-corrected chi connectivity index (χ0v) is 8.29. The van der Waals surface area contributed by atoms with Gasteiger partial charge < -0.3 is 16.0 Å². The van der Waals surface area contributed by atoms with E-state index in [2.05, 4.69) is 15.3 Å². The highest BCUT2D eigenvalue weighted by Crippen LogP contribution is 1.98. The molecular weight excluding hydrogens is 180 g/mol. The van der Waals surface area contributed by atoms with Crippen LogP contribution in [0.4, 0.5) is 0 Å². The van der Waals surface area contributed by atoms with Crippen molar-refractivity contribution in [3.05, 3.63) is 18.2 Å². The Labute approximate surface area is 83.1 Å². The van der Waals surface area contributed by atoms with Gasteiger partial charge in [-0.15, -0.1) is 0 Å². The van der Waals surface area contributed by atoms with E-state index in [1.807, 2.05) is 6.92 Å². The number of nitrogens with one attached hydrogen (secondary N) is 2. The average molecular weight is 196 g/mol. The first-order chi connectivity index (χ1) is 6.72. The van der Waals surface area contributed by atoms with E-state index in [0.29, 0.717) is 19.5 Å². The fraction of sp³-hybridized carbons (Fsp3) is 0.556. The fourth-order valence-electron chi connectivity index (χ4n) is 1.05. The number of hydrogen-bond acceptors (Lipinski definition) is 3. The van der Waals surface area contributed by atoms with Crippen LogP contribution in [0, 0.1) is 5.92 Å². The Hall–Kier alpha value is -1.36. The van der Waals surface area contributed by atoms with E-state index in [1.54, 1.807) is 12.5 Å². The maximum absolute atomic E-state index is 11.3. The molecule has 1 atom stereocenters. The molecule has 0 radical (unpaired) electrons. The van der Waals surface area contributed by atoms with Crippen molar-refractivity contribution in [1.82, 2.24) is 15.3 Å². The molecule has 5 nitrogen and oxygen atoms in total. The van der Waals surface area contributed by atoms with Crippen molar-refractivity contribution in [2.45, 2.75) is 19.9 Å². The van der Waals surface area contributed by atoms with Crippen LogP contribution in [0.25, 0.3) is 0 Å². The second-order valence-electron chi connectivity index (χ2n) is 3.40. The minimum Gasteiger partial charge on any atom is -0.350 e. The van der Waals surface area contributed by atoms with Crippen molar-refractivity contribution in [1.29, 1.82) is 0 Å². The number of nitrogens with zero attached hydrogens (tertiary/aromatic N) is 1. The van der Waals surface area contributed by atoms with Crippen LogP contribution in [0.2, 0.25) is 0 Å². The van der Waals surface area contributed by atoms with Crippen molar-refractivity contribution in [3.8, 4) is 0 Å². The lowest BCUT2D eigenvalue weighted by atomic mass is 10.1. The summed E-state index contributed by atoms with van der Waals surface area (Å²) in [5.74, 6) is 0.259. The fourth-order valence-corrected chi connectivity index (χ4v) is 1.05. The predicted octanol–water partition coefficient (Wildman–Crippen LogP) is 0.0108. The molecule has 0 spiro atoms. The van der Waals surface area contributed by atoms with Gasteiger partial charge in [-0.3, -0.25) is 4.79 Å². The van der Waals surface area contributed by atoms with Gasteiger partial charge >= 0.3 is 0 Å². The Morgan fingerprint density at radius 2 is 2.57 bits per heavy atom. The summed E-state index contributed by atoms with van der Waals surface area (Å²) >= 11 is 0. The Morgan fingerprint density at radius 1 is 1.79 bits per heavy atom.